The minimum Gasteiger partial charge on any atom is -0.395 e. The van der Waals surface area contributed by atoms with Crippen molar-refractivity contribution in [1.82, 2.24) is 5.32 Å². The van der Waals surface area contributed by atoms with Gasteiger partial charge in [0.1, 0.15) is 0 Å². The summed E-state index contributed by atoms with van der Waals surface area (Å²) in [5, 5.41) is 12.3. The summed E-state index contributed by atoms with van der Waals surface area (Å²) in [7, 11) is 0. The van der Waals surface area contributed by atoms with Crippen LogP contribution in [0.15, 0.2) is 36.9 Å². The van der Waals surface area contributed by atoms with Crippen molar-refractivity contribution in [2.24, 2.45) is 0 Å². The summed E-state index contributed by atoms with van der Waals surface area (Å²) in [5.74, 6) is 0. The molecule has 96 valence electrons. The fraction of sp³-hybridized carbons (Fsp3) is 0.467. The second-order valence-corrected chi connectivity index (χ2v) is 4.07. The van der Waals surface area contributed by atoms with Gasteiger partial charge in [0.2, 0.25) is 0 Å². The minimum atomic E-state index is 0.211. The predicted octanol–water partition coefficient (Wildman–Crippen LogP) is 3.05. The van der Waals surface area contributed by atoms with Gasteiger partial charge in [-0.3, -0.25) is 0 Å². The molecule has 0 aromatic heterocycles. The molecule has 1 rings (SSSR count). The van der Waals surface area contributed by atoms with E-state index in [4.69, 9.17) is 5.11 Å². The fourth-order valence-electron chi connectivity index (χ4n) is 1.42. The molecule has 0 aliphatic rings. The van der Waals surface area contributed by atoms with Gasteiger partial charge in [-0.15, -0.1) is 6.58 Å². The molecule has 2 nitrogen and oxygen atoms in total. The summed E-state index contributed by atoms with van der Waals surface area (Å²) in [4.78, 5) is 0. The summed E-state index contributed by atoms with van der Waals surface area (Å²) >= 11 is 0. The van der Waals surface area contributed by atoms with E-state index >= 15 is 0 Å². The monoisotopic (exact) mass is 235 g/mol. The lowest BCUT2D eigenvalue weighted by Crippen LogP contribution is -2.31. The highest BCUT2D eigenvalue weighted by molar-refractivity contribution is 5.21. The third-order valence-corrected chi connectivity index (χ3v) is 2.39. The van der Waals surface area contributed by atoms with Crippen LogP contribution < -0.4 is 5.32 Å². The van der Waals surface area contributed by atoms with Crippen LogP contribution in [0, 0.1) is 6.92 Å². The van der Waals surface area contributed by atoms with Crippen LogP contribution in [0.1, 0.15) is 31.4 Å². The average molecular weight is 235 g/mol. The number of benzene rings is 1. The molecule has 0 radical (unpaired) electrons. The molecule has 0 saturated heterocycles. The molecule has 0 heterocycles. The van der Waals surface area contributed by atoms with E-state index in [0.717, 1.165) is 13.0 Å². The Hall–Kier alpha value is -1.12. The predicted molar refractivity (Wildman–Crippen MR) is 75.1 cm³/mol. The van der Waals surface area contributed by atoms with E-state index in [1.54, 1.807) is 6.08 Å². The maximum absolute atomic E-state index is 9.00. The van der Waals surface area contributed by atoms with Crippen LogP contribution >= 0.6 is 0 Å². The van der Waals surface area contributed by atoms with Crippen molar-refractivity contribution >= 4 is 0 Å². The number of rotatable bonds is 5. The smallest absolute Gasteiger partial charge is 0.0584 e. The molecule has 2 N–H and O–H groups in total. The van der Waals surface area contributed by atoms with E-state index in [9.17, 15) is 0 Å². The fourth-order valence-corrected chi connectivity index (χ4v) is 1.42. The maximum Gasteiger partial charge on any atom is 0.0584 e. The molecule has 0 aliphatic carbocycles. The lowest BCUT2D eigenvalue weighted by Gasteiger charge is -2.13. The Balaban J connectivity index is 0.000000770. The third-order valence-electron chi connectivity index (χ3n) is 2.39. The summed E-state index contributed by atoms with van der Waals surface area (Å²) < 4.78 is 0. The number of hydrogen-bond acceptors (Lipinski definition) is 2. The highest BCUT2D eigenvalue weighted by Gasteiger charge is 2.02. The molecule has 17 heavy (non-hydrogen) atoms. The Morgan fingerprint density at radius 3 is 2.59 bits per heavy atom. The molecule has 0 fully saturated rings. The van der Waals surface area contributed by atoms with Crippen LogP contribution in [-0.4, -0.2) is 17.8 Å². The normalized spacial score (nSPS) is 11.3. The molecule has 1 aromatic rings. The van der Waals surface area contributed by atoms with E-state index in [1.165, 1.54) is 11.1 Å². The Kier molecular flexibility index (Phi) is 9.40. The Labute approximate surface area is 105 Å². The standard InChI is InChI=1S/C12H19NO.C3H6/c1-3-12(9-14)13-8-11-6-4-5-10(2)7-11;1-3-2/h4-7,12-14H,3,8-9H2,1-2H3;3H,1H2,2H3. The molecule has 2 heteroatoms. The van der Waals surface area contributed by atoms with Crippen LogP contribution in [-0.2, 0) is 6.54 Å². The summed E-state index contributed by atoms with van der Waals surface area (Å²) in [6.45, 7) is 10.5. The SMILES string of the molecule is C=CC.CCC(CO)NCc1cccc(C)c1. The molecule has 0 saturated carbocycles. The second-order valence-electron chi connectivity index (χ2n) is 4.07. The van der Waals surface area contributed by atoms with E-state index in [1.807, 2.05) is 6.92 Å². The highest BCUT2D eigenvalue weighted by Crippen LogP contribution is 2.04. The number of aryl methyl sites for hydroxylation is 1. The van der Waals surface area contributed by atoms with Gasteiger partial charge >= 0.3 is 0 Å². The van der Waals surface area contributed by atoms with Gasteiger partial charge in [0.15, 0.2) is 0 Å². The van der Waals surface area contributed by atoms with Gasteiger partial charge in [-0.1, -0.05) is 42.8 Å². The quantitative estimate of drug-likeness (QED) is 0.769. The lowest BCUT2D eigenvalue weighted by molar-refractivity contribution is 0.238. The molecule has 1 aromatic carbocycles. The van der Waals surface area contributed by atoms with E-state index in [2.05, 4.69) is 50.0 Å². The Bertz CT molecular complexity index is 306. The first-order chi connectivity index (χ1) is 8.17. The van der Waals surface area contributed by atoms with Gasteiger partial charge in [0.25, 0.3) is 0 Å². The Morgan fingerprint density at radius 2 is 2.12 bits per heavy atom. The van der Waals surface area contributed by atoms with Gasteiger partial charge in [0.05, 0.1) is 6.61 Å². The number of allylic oxidation sites excluding steroid dienone is 1. The maximum atomic E-state index is 9.00. The zero-order chi connectivity index (χ0) is 13.1. The zero-order valence-electron chi connectivity index (χ0n) is 11.2. The molecule has 0 spiro atoms. The average Bonchev–Trinajstić information content (AvgIpc) is 2.31. The number of hydrogen-bond donors (Lipinski definition) is 2. The third kappa shape index (κ3) is 7.72. The van der Waals surface area contributed by atoms with Crippen molar-refractivity contribution in [2.75, 3.05) is 6.61 Å². The van der Waals surface area contributed by atoms with Crippen molar-refractivity contribution in [2.45, 2.75) is 39.8 Å². The van der Waals surface area contributed by atoms with E-state index in [0.29, 0.717) is 0 Å². The van der Waals surface area contributed by atoms with Crippen LogP contribution in [0.25, 0.3) is 0 Å². The highest BCUT2D eigenvalue weighted by atomic mass is 16.3. The van der Waals surface area contributed by atoms with E-state index in [-0.39, 0.29) is 12.6 Å². The van der Waals surface area contributed by atoms with Gasteiger partial charge in [-0.25, -0.2) is 0 Å². The van der Waals surface area contributed by atoms with Crippen LogP contribution in [0.3, 0.4) is 0 Å². The van der Waals surface area contributed by atoms with Crippen molar-refractivity contribution in [3.05, 3.63) is 48.0 Å². The minimum absolute atomic E-state index is 0.211. The van der Waals surface area contributed by atoms with Crippen molar-refractivity contribution in [3.63, 3.8) is 0 Å². The number of aliphatic hydroxyl groups excluding tert-OH is 1. The largest absolute Gasteiger partial charge is 0.395 e. The molecule has 0 amide bonds. The topological polar surface area (TPSA) is 32.3 Å². The molecule has 1 unspecified atom stereocenters. The summed E-state index contributed by atoms with van der Waals surface area (Å²) in [6, 6.07) is 8.64. The first kappa shape index (κ1) is 15.9. The number of nitrogens with one attached hydrogen (secondary N) is 1. The summed E-state index contributed by atoms with van der Waals surface area (Å²) in [5.41, 5.74) is 2.55. The first-order valence-electron chi connectivity index (χ1n) is 6.14. The second kappa shape index (κ2) is 10.1. The molecule has 0 bridgehead atoms. The van der Waals surface area contributed by atoms with Crippen molar-refractivity contribution in [3.8, 4) is 0 Å². The van der Waals surface area contributed by atoms with Crippen LogP contribution in [0.5, 0.6) is 0 Å². The van der Waals surface area contributed by atoms with Crippen molar-refractivity contribution < 1.29 is 5.11 Å². The van der Waals surface area contributed by atoms with Crippen LogP contribution in [0.2, 0.25) is 0 Å². The van der Waals surface area contributed by atoms with Crippen LogP contribution in [0.4, 0.5) is 0 Å². The first-order valence-corrected chi connectivity index (χ1v) is 6.14. The lowest BCUT2D eigenvalue weighted by atomic mass is 10.1. The molecular formula is C15H25NO. The zero-order valence-corrected chi connectivity index (χ0v) is 11.2. The van der Waals surface area contributed by atoms with Gasteiger partial charge in [-0.2, -0.15) is 0 Å². The molecule has 1 atom stereocenters. The summed E-state index contributed by atoms with van der Waals surface area (Å²) in [6.07, 6.45) is 2.71. The van der Waals surface area contributed by atoms with E-state index < -0.39 is 0 Å². The number of aliphatic hydroxyl groups is 1. The molecular weight excluding hydrogens is 210 g/mol. The van der Waals surface area contributed by atoms with Crippen molar-refractivity contribution in [1.29, 1.82) is 0 Å². The van der Waals surface area contributed by atoms with Gasteiger partial charge in [-0.05, 0) is 25.8 Å². The Morgan fingerprint density at radius 1 is 1.47 bits per heavy atom. The van der Waals surface area contributed by atoms with Gasteiger partial charge < -0.3 is 10.4 Å². The molecule has 0 aliphatic heterocycles. The van der Waals surface area contributed by atoms with Gasteiger partial charge in [0, 0.05) is 12.6 Å².